The van der Waals surface area contributed by atoms with Crippen LogP contribution in [-0.2, 0) is 11.2 Å². The lowest BCUT2D eigenvalue weighted by atomic mass is 9.79. The SMILES string of the molecule is CN(CCc1cc(F)ccc1F)C1CC(C(=O)O)C1. The Labute approximate surface area is 110 Å². The number of aliphatic carboxylic acids is 1. The van der Waals surface area contributed by atoms with E-state index in [-0.39, 0.29) is 12.0 Å². The maximum Gasteiger partial charge on any atom is 0.306 e. The van der Waals surface area contributed by atoms with Gasteiger partial charge in [0.2, 0.25) is 0 Å². The molecule has 0 atom stereocenters. The van der Waals surface area contributed by atoms with E-state index in [9.17, 15) is 13.6 Å². The first kappa shape index (κ1) is 13.9. The minimum absolute atomic E-state index is 0.234. The molecular formula is C14H17F2NO2. The van der Waals surface area contributed by atoms with Crippen molar-refractivity contribution in [1.29, 1.82) is 0 Å². The maximum absolute atomic E-state index is 13.4. The van der Waals surface area contributed by atoms with Crippen LogP contribution in [-0.4, -0.2) is 35.6 Å². The Morgan fingerprint density at radius 3 is 2.74 bits per heavy atom. The highest BCUT2D eigenvalue weighted by Crippen LogP contribution is 2.31. The van der Waals surface area contributed by atoms with Crippen molar-refractivity contribution in [3.8, 4) is 0 Å². The van der Waals surface area contributed by atoms with Crippen LogP contribution in [0.4, 0.5) is 8.78 Å². The third kappa shape index (κ3) is 3.29. The number of rotatable bonds is 5. The Morgan fingerprint density at radius 1 is 1.42 bits per heavy atom. The van der Waals surface area contributed by atoms with Gasteiger partial charge >= 0.3 is 5.97 Å². The van der Waals surface area contributed by atoms with Crippen molar-refractivity contribution in [2.24, 2.45) is 5.92 Å². The number of halogens is 2. The Kier molecular flexibility index (Phi) is 4.14. The van der Waals surface area contributed by atoms with Gasteiger partial charge in [-0.3, -0.25) is 4.79 Å². The molecule has 1 aliphatic carbocycles. The van der Waals surface area contributed by atoms with E-state index in [4.69, 9.17) is 5.11 Å². The van der Waals surface area contributed by atoms with Crippen molar-refractivity contribution < 1.29 is 18.7 Å². The highest BCUT2D eigenvalue weighted by Gasteiger charge is 2.36. The van der Waals surface area contributed by atoms with Gasteiger partial charge in [-0.25, -0.2) is 8.78 Å². The van der Waals surface area contributed by atoms with E-state index in [1.54, 1.807) is 0 Å². The number of carboxylic acids is 1. The molecule has 5 heteroatoms. The Balaban J connectivity index is 1.83. The first-order valence-corrected chi connectivity index (χ1v) is 6.34. The van der Waals surface area contributed by atoms with E-state index in [0.717, 1.165) is 12.1 Å². The topological polar surface area (TPSA) is 40.5 Å². The molecule has 1 aromatic rings. The van der Waals surface area contributed by atoms with Gasteiger partial charge in [0.05, 0.1) is 5.92 Å². The molecular weight excluding hydrogens is 252 g/mol. The first-order chi connectivity index (χ1) is 8.97. The summed E-state index contributed by atoms with van der Waals surface area (Å²) in [6.45, 7) is 0.595. The average molecular weight is 269 g/mol. The zero-order chi connectivity index (χ0) is 14.0. The van der Waals surface area contributed by atoms with Crippen LogP contribution in [0.5, 0.6) is 0 Å². The summed E-state index contributed by atoms with van der Waals surface area (Å²) >= 11 is 0. The van der Waals surface area contributed by atoms with Crippen LogP contribution in [0, 0.1) is 17.6 Å². The number of hydrogen-bond donors (Lipinski definition) is 1. The van der Waals surface area contributed by atoms with Gasteiger partial charge in [0, 0.05) is 12.6 Å². The van der Waals surface area contributed by atoms with Gasteiger partial charge in [0.25, 0.3) is 0 Å². The molecule has 0 amide bonds. The fraction of sp³-hybridized carbons (Fsp3) is 0.500. The van der Waals surface area contributed by atoms with E-state index >= 15 is 0 Å². The van der Waals surface area contributed by atoms with Crippen molar-refractivity contribution in [2.75, 3.05) is 13.6 Å². The molecule has 0 aliphatic heterocycles. The monoisotopic (exact) mass is 269 g/mol. The Morgan fingerprint density at radius 2 is 2.11 bits per heavy atom. The van der Waals surface area contributed by atoms with Crippen LogP contribution in [0.3, 0.4) is 0 Å². The number of hydrogen-bond acceptors (Lipinski definition) is 2. The van der Waals surface area contributed by atoms with Gasteiger partial charge in [-0.05, 0) is 50.1 Å². The average Bonchev–Trinajstić information content (AvgIpc) is 2.28. The molecule has 1 fully saturated rings. The third-order valence-corrected chi connectivity index (χ3v) is 3.83. The number of carbonyl (C=O) groups is 1. The van der Waals surface area contributed by atoms with Gasteiger partial charge in [0.15, 0.2) is 0 Å². The van der Waals surface area contributed by atoms with Crippen LogP contribution in [0.1, 0.15) is 18.4 Å². The van der Waals surface area contributed by atoms with Crippen LogP contribution in [0.15, 0.2) is 18.2 Å². The number of carboxylic acid groups (broad SMARTS) is 1. The number of benzene rings is 1. The molecule has 1 N–H and O–H groups in total. The minimum Gasteiger partial charge on any atom is -0.481 e. The van der Waals surface area contributed by atoms with Crippen LogP contribution < -0.4 is 0 Å². The molecule has 1 aromatic carbocycles. The molecule has 1 saturated carbocycles. The summed E-state index contributed by atoms with van der Waals surface area (Å²) in [6, 6.07) is 3.68. The summed E-state index contributed by atoms with van der Waals surface area (Å²) in [7, 11) is 1.89. The lowest BCUT2D eigenvalue weighted by Crippen LogP contribution is -2.45. The molecule has 2 rings (SSSR count). The first-order valence-electron chi connectivity index (χ1n) is 6.34. The standard InChI is InChI=1S/C14H17F2NO2/c1-17(12-7-10(8-12)14(18)19)5-4-9-6-11(15)2-3-13(9)16/h2-3,6,10,12H,4-5,7-8H2,1H3,(H,18,19). The van der Waals surface area contributed by atoms with Crippen molar-refractivity contribution >= 4 is 5.97 Å². The van der Waals surface area contributed by atoms with Crippen molar-refractivity contribution in [3.05, 3.63) is 35.4 Å². The highest BCUT2D eigenvalue weighted by molar-refractivity contribution is 5.71. The fourth-order valence-electron chi connectivity index (χ4n) is 2.36. The fourth-order valence-corrected chi connectivity index (χ4v) is 2.36. The van der Waals surface area contributed by atoms with Crippen LogP contribution in [0.25, 0.3) is 0 Å². The molecule has 0 spiro atoms. The number of nitrogens with zero attached hydrogens (tertiary/aromatic N) is 1. The normalized spacial score (nSPS) is 22.3. The molecule has 0 unspecified atom stereocenters. The molecule has 19 heavy (non-hydrogen) atoms. The molecule has 0 saturated heterocycles. The number of likely N-dealkylation sites (N-methyl/N-ethyl adjacent to an activating group) is 1. The van der Waals surface area contributed by atoms with Gasteiger partial charge in [0.1, 0.15) is 11.6 Å². The van der Waals surface area contributed by atoms with Crippen molar-refractivity contribution in [3.63, 3.8) is 0 Å². The molecule has 0 radical (unpaired) electrons. The zero-order valence-corrected chi connectivity index (χ0v) is 10.8. The zero-order valence-electron chi connectivity index (χ0n) is 10.8. The van der Waals surface area contributed by atoms with Crippen LogP contribution >= 0.6 is 0 Å². The summed E-state index contributed by atoms with van der Waals surface area (Å²) in [5.74, 6) is -1.83. The molecule has 104 valence electrons. The molecule has 0 bridgehead atoms. The van der Waals surface area contributed by atoms with Gasteiger partial charge in [-0.1, -0.05) is 0 Å². The lowest BCUT2D eigenvalue weighted by molar-refractivity contribution is -0.146. The quantitative estimate of drug-likeness (QED) is 0.891. The smallest absolute Gasteiger partial charge is 0.306 e. The molecule has 1 aliphatic rings. The summed E-state index contributed by atoms with van der Waals surface area (Å²) in [5, 5.41) is 8.80. The van der Waals surface area contributed by atoms with Crippen molar-refractivity contribution in [2.45, 2.75) is 25.3 Å². The molecule has 0 aromatic heterocycles. The van der Waals surface area contributed by atoms with Gasteiger partial charge in [-0.2, -0.15) is 0 Å². The summed E-state index contributed by atoms with van der Waals surface area (Å²) in [6.07, 6.45) is 1.70. The Bertz CT molecular complexity index is 473. The van der Waals surface area contributed by atoms with E-state index < -0.39 is 17.6 Å². The predicted octanol–water partition coefficient (Wildman–Crippen LogP) is 2.30. The third-order valence-electron chi connectivity index (χ3n) is 3.83. The van der Waals surface area contributed by atoms with E-state index in [1.807, 2.05) is 11.9 Å². The molecule has 0 heterocycles. The van der Waals surface area contributed by atoms with E-state index in [0.29, 0.717) is 31.4 Å². The second-order valence-corrected chi connectivity index (χ2v) is 5.13. The van der Waals surface area contributed by atoms with E-state index in [1.165, 1.54) is 6.07 Å². The summed E-state index contributed by atoms with van der Waals surface area (Å²) in [4.78, 5) is 12.7. The summed E-state index contributed by atoms with van der Waals surface area (Å²) < 4.78 is 26.4. The second kappa shape index (κ2) is 5.65. The molecule has 3 nitrogen and oxygen atoms in total. The lowest BCUT2D eigenvalue weighted by Gasteiger charge is -2.39. The maximum atomic E-state index is 13.4. The minimum atomic E-state index is -0.749. The largest absolute Gasteiger partial charge is 0.481 e. The van der Waals surface area contributed by atoms with Crippen molar-refractivity contribution in [1.82, 2.24) is 4.90 Å². The van der Waals surface area contributed by atoms with Gasteiger partial charge < -0.3 is 10.0 Å². The van der Waals surface area contributed by atoms with Gasteiger partial charge in [-0.15, -0.1) is 0 Å². The summed E-state index contributed by atoms with van der Waals surface area (Å²) in [5.41, 5.74) is 0.362. The highest BCUT2D eigenvalue weighted by atomic mass is 19.1. The predicted molar refractivity (Wildman–Crippen MR) is 66.8 cm³/mol. The second-order valence-electron chi connectivity index (χ2n) is 5.13. The Hall–Kier alpha value is -1.49. The van der Waals surface area contributed by atoms with Crippen LogP contribution in [0.2, 0.25) is 0 Å². The van der Waals surface area contributed by atoms with E-state index in [2.05, 4.69) is 0 Å².